The van der Waals surface area contributed by atoms with Crippen molar-refractivity contribution in [2.45, 2.75) is 32.2 Å². The van der Waals surface area contributed by atoms with Crippen LogP contribution in [-0.4, -0.2) is 69.3 Å². The van der Waals surface area contributed by atoms with Crippen LogP contribution in [0.1, 0.15) is 26.2 Å². The monoisotopic (exact) mass is 348 g/mol. The van der Waals surface area contributed by atoms with Gasteiger partial charge in [-0.3, -0.25) is 4.79 Å². The average Bonchev–Trinajstić information content (AvgIpc) is 2.97. The highest BCUT2D eigenvalue weighted by Crippen LogP contribution is 2.30. The molecule has 3 N–H and O–H groups in total. The molecule has 0 aromatic carbocycles. The maximum Gasteiger partial charge on any atom is 0.317 e. The first kappa shape index (κ1) is 20.0. The predicted octanol–water partition coefficient (Wildman–Crippen LogP) is 0.344. The van der Waals surface area contributed by atoms with Gasteiger partial charge in [0.15, 0.2) is 0 Å². The second-order valence-corrected chi connectivity index (χ2v) is 6.20. The Morgan fingerprint density at radius 2 is 2.04 bits per heavy atom. The van der Waals surface area contributed by atoms with Crippen molar-refractivity contribution < 1.29 is 14.3 Å². The number of carbonyl (C=O) groups is 2. The standard InChI is InChI=1S/C15H28N4O3.ClH/c1-3-17-14(21)19-9-4-12(10-19)18-13(20)15(11-22-2)5-7-16-8-6-15;/h12,16H,3-11H2,1-2H3,(H,17,21)(H,18,20);1H. The van der Waals surface area contributed by atoms with E-state index < -0.39 is 5.41 Å². The van der Waals surface area contributed by atoms with Crippen LogP contribution in [0.5, 0.6) is 0 Å². The lowest BCUT2D eigenvalue weighted by molar-refractivity contribution is -0.136. The zero-order valence-corrected chi connectivity index (χ0v) is 14.8. The molecule has 0 aromatic rings. The fourth-order valence-corrected chi connectivity index (χ4v) is 3.28. The van der Waals surface area contributed by atoms with E-state index in [-0.39, 0.29) is 30.4 Å². The number of hydrogen-bond acceptors (Lipinski definition) is 4. The molecule has 0 aliphatic carbocycles. The first-order valence-electron chi connectivity index (χ1n) is 8.14. The van der Waals surface area contributed by atoms with Gasteiger partial charge in [-0.2, -0.15) is 0 Å². The number of urea groups is 1. The Morgan fingerprint density at radius 3 is 2.65 bits per heavy atom. The maximum absolute atomic E-state index is 12.7. The molecule has 2 saturated heterocycles. The summed E-state index contributed by atoms with van der Waals surface area (Å²) in [6.07, 6.45) is 2.39. The summed E-state index contributed by atoms with van der Waals surface area (Å²) in [7, 11) is 1.64. The summed E-state index contributed by atoms with van der Waals surface area (Å²) in [4.78, 5) is 26.3. The van der Waals surface area contributed by atoms with Crippen molar-refractivity contribution in [1.29, 1.82) is 0 Å². The lowest BCUT2D eigenvalue weighted by atomic mass is 9.78. The molecule has 2 aliphatic rings. The highest BCUT2D eigenvalue weighted by Gasteiger charge is 2.41. The lowest BCUT2D eigenvalue weighted by Crippen LogP contribution is -2.53. The van der Waals surface area contributed by atoms with Crippen molar-refractivity contribution in [2.24, 2.45) is 5.41 Å². The van der Waals surface area contributed by atoms with Crippen molar-refractivity contribution in [1.82, 2.24) is 20.9 Å². The molecule has 2 heterocycles. The quantitative estimate of drug-likeness (QED) is 0.669. The van der Waals surface area contributed by atoms with Gasteiger partial charge in [-0.25, -0.2) is 4.79 Å². The van der Waals surface area contributed by atoms with E-state index in [1.54, 1.807) is 12.0 Å². The molecular formula is C15H29ClN4O3. The number of hydrogen-bond donors (Lipinski definition) is 3. The van der Waals surface area contributed by atoms with Gasteiger partial charge in [0.2, 0.25) is 5.91 Å². The number of nitrogens with one attached hydrogen (secondary N) is 3. The number of carbonyl (C=O) groups excluding carboxylic acids is 2. The molecule has 0 spiro atoms. The molecule has 134 valence electrons. The number of likely N-dealkylation sites (tertiary alicyclic amines) is 1. The molecule has 0 radical (unpaired) electrons. The van der Waals surface area contributed by atoms with Crippen molar-refractivity contribution in [3.05, 3.63) is 0 Å². The number of piperidine rings is 1. The second-order valence-electron chi connectivity index (χ2n) is 6.20. The molecule has 2 aliphatic heterocycles. The molecule has 3 amide bonds. The van der Waals surface area contributed by atoms with Crippen molar-refractivity contribution in [3.8, 4) is 0 Å². The second kappa shape index (κ2) is 9.30. The highest BCUT2D eigenvalue weighted by molar-refractivity contribution is 5.85. The van der Waals surface area contributed by atoms with Gasteiger partial charge >= 0.3 is 6.03 Å². The fraction of sp³-hybridized carbons (Fsp3) is 0.867. The number of rotatable bonds is 5. The Balaban J connectivity index is 0.00000264. The third kappa shape index (κ3) is 4.96. The van der Waals surface area contributed by atoms with Gasteiger partial charge in [0.1, 0.15) is 0 Å². The third-order valence-electron chi connectivity index (χ3n) is 4.60. The van der Waals surface area contributed by atoms with Gasteiger partial charge < -0.3 is 25.6 Å². The van der Waals surface area contributed by atoms with E-state index in [9.17, 15) is 9.59 Å². The molecule has 0 bridgehead atoms. The molecule has 2 rings (SSSR count). The van der Waals surface area contributed by atoms with E-state index in [2.05, 4.69) is 16.0 Å². The summed E-state index contributed by atoms with van der Waals surface area (Å²) in [5, 5.41) is 9.22. The van der Waals surface area contributed by atoms with Crippen LogP contribution in [0.25, 0.3) is 0 Å². The van der Waals surface area contributed by atoms with E-state index in [0.717, 1.165) is 32.4 Å². The third-order valence-corrected chi connectivity index (χ3v) is 4.60. The van der Waals surface area contributed by atoms with Crippen LogP contribution < -0.4 is 16.0 Å². The first-order valence-corrected chi connectivity index (χ1v) is 8.14. The number of halogens is 1. The van der Waals surface area contributed by atoms with Crippen molar-refractivity contribution in [2.75, 3.05) is 46.4 Å². The smallest absolute Gasteiger partial charge is 0.317 e. The first-order chi connectivity index (χ1) is 10.6. The molecule has 7 nitrogen and oxygen atoms in total. The van der Waals surface area contributed by atoms with Gasteiger partial charge in [0, 0.05) is 32.8 Å². The fourth-order valence-electron chi connectivity index (χ4n) is 3.28. The SMILES string of the molecule is CCNC(=O)N1CCC(NC(=O)C2(COC)CCNCC2)C1.Cl. The summed E-state index contributed by atoms with van der Waals surface area (Å²) in [5.74, 6) is 0.0681. The largest absolute Gasteiger partial charge is 0.384 e. The Kier molecular flexibility index (Phi) is 8.08. The predicted molar refractivity (Wildman–Crippen MR) is 90.9 cm³/mol. The van der Waals surface area contributed by atoms with Gasteiger partial charge in [0.25, 0.3) is 0 Å². The molecule has 23 heavy (non-hydrogen) atoms. The van der Waals surface area contributed by atoms with Gasteiger partial charge in [0.05, 0.1) is 12.0 Å². The number of methoxy groups -OCH3 is 1. The average molecular weight is 349 g/mol. The maximum atomic E-state index is 12.7. The van der Waals surface area contributed by atoms with Crippen molar-refractivity contribution in [3.63, 3.8) is 0 Å². The van der Waals surface area contributed by atoms with Crippen LogP contribution in [-0.2, 0) is 9.53 Å². The molecule has 2 fully saturated rings. The Labute approximate surface area is 144 Å². The molecule has 1 unspecified atom stereocenters. The molecular weight excluding hydrogens is 320 g/mol. The van der Waals surface area contributed by atoms with Gasteiger partial charge in [-0.15, -0.1) is 12.4 Å². The van der Waals surface area contributed by atoms with E-state index >= 15 is 0 Å². The van der Waals surface area contributed by atoms with Crippen molar-refractivity contribution >= 4 is 24.3 Å². The van der Waals surface area contributed by atoms with E-state index in [1.165, 1.54) is 0 Å². The Morgan fingerprint density at radius 1 is 1.35 bits per heavy atom. The van der Waals surface area contributed by atoms with Gasteiger partial charge in [-0.1, -0.05) is 0 Å². The lowest BCUT2D eigenvalue weighted by Gasteiger charge is -2.36. The van der Waals surface area contributed by atoms with Crippen LogP contribution in [0.3, 0.4) is 0 Å². The number of amides is 3. The van der Waals surface area contributed by atoms with Crippen LogP contribution in [0, 0.1) is 5.41 Å². The summed E-state index contributed by atoms with van der Waals surface area (Å²) in [6.45, 7) is 5.93. The zero-order valence-electron chi connectivity index (χ0n) is 14.0. The molecule has 0 aromatic heterocycles. The van der Waals surface area contributed by atoms with Crippen LogP contribution in [0.2, 0.25) is 0 Å². The Bertz CT molecular complexity index is 397. The zero-order chi connectivity index (χ0) is 16.0. The summed E-state index contributed by atoms with van der Waals surface area (Å²) in [6, 6.07) is -0.00792. The van der Waals surface area contributed by atoms with Gasteiger partial charge in [-0.05, 0) is 39.3 Å². The highest BCUT2D eigenvalue weighted by atomic mass is 35.5. The van der Waals surface area contributed by atoms with Crippen LogP contribution in [0.15, 0.2) is 0 Å². The topological polar surface area (TPSA) is 82.7 Å². The molecule has 8 heteroatoms. The minimum absolute atomic E-state index is 0. The van der Waals surface area contributed by atoms with E-state index in [0.29, 0.717) is 26.2 Å². The van der Waals surface area contributed by atoms with Crippen LogP contribution in [0.4, 0.5) is 4.79 Å². The Hall–Kier alpha value is -1.05. The summed E-state index contributed by atoms with van der Waals surface area (Å²) < 4.78 is 5.30. The minimum Gasteiger partial charge on any atom is -0.384 e. The normalized spacial score (nSPS) is 23.0. The number of nitrogens with zero attached hydrogens (tertiary/aromatic N) is 1. The minimum atomic E-state index is -0.431. The van der Waals surface area contributed by atoms with Crippen LogP contribution >= 0.6 is 12.4 Å². The molecule has 1 atom stereocenters. The number of ether oxygens (including phenoxy) is 1. The summed E-state index contributed by atoms with van der Waals surface area (Å²) in [5.41, 5.74) is -0.431. The summed E-state index contributed by atoms with van der Waals surface area (Å²) >= 11 is 0. The molecule has 0 saturated carbocycles. The van der Waals surface area contributed by atoms with E-state index in [4.69, 9.17) is 4.74 Å². The van der Waals surface area contributed by atoms with E-state index in [1.807, 2.05) is 6.92 Å².